The monoisotopic (exact) mass is 208 g/mol. The minimum absolute atomic E-state index is 0.926. The highest BCUT2D eigenvalue weighted by Gasteiger charge is 2.03. The molecule has 2 heterocycles. The predicted octanol–water partition coefficient (Wildman–Crippen LogP) is 4.33. The van der Waals surface area contributed by atoms with Gasteiger partial charge in [0.1, 0.15) is 11.2 Å². The molecule has 0 N–H and O–H groups in total. The number of furan rings is 2. The predicted molar refractivity (Wildman–Crippen MR) is 63.5 cm³/mol. The van der Waals surface area contributed by atoms with Gasteiger partial charge in [-0.3, -0.25) is 0 Å². The van der Waals surface area contributed by atoms with Gasteiger partial charge in [0.2, 0.25) is 0 Å². The van der Waals surface area contributed by atoms with Crippen molar-refractivity contribution in [2.24, 2.45) is 0 Å². The van der Waals surface area contributed by atoms with Crippen LogP contribution in [-0.2, 0) is 0 Å². The molecule has 4 rings (SSSR count). The van der Waals surface area contributed by atoms with Crippen LogP contribution in [0.3, 0.4) is 0 Å². The lowest BCUT2D eigenvalue weighted by atomic mass is 10.1. The van der Waals surface area contributed by atoms with Crippen LogP contribution in [0.15, 0.2) is 57.8 Å². The Morgan fingerprint density at radius 1 is 0.562 bits per heavy atom. The molecule has 4 aromatic rings. The van der Waals surface area contributed by atoms with Crippen LogP contribution >= 0.6 is 0 Å². The molecule has 0 bridgehead atoms. The third kappa shape index (κ3) is 0.959. The zero-order valence-corrected chi connectivity index (χ0v) is 8.44. The third-order valence-corrected chi connectivity index (χ3v) is 2.98. The second-order valence-corrected chi connectivity index (χ2v) is 3.97. The fourth-order valence-electron chi connectivity index (χ4n) is 2.17. The maximum absolute atomic E-state index is 5.40. The summed E-state index contributed by atoms with van der Waals surface area (Å²) >= 11 is 0. The summed E-state index contributed by atoms with van der Waals surface area (Å²) in [5, 5.41) is 4.60. The first-order chi connectivity index (χ1) is 7.90. The molecule has 0 aliphatic carbocycles. The SMILES string of the molecule is c1cc2cc3cc4occc4cc3cc2o1. The molecule has 0 atom stereocenters. The van der Waals surface area contributed by atoms with Crippen molar-refractivity contribution in [1.29, 1.82) is 0 Å². The lowest BCUT2D eigenvalue weighted by Crippen LogP contribution is -1.73. The van der Waals surface area contributed by atoms with Gasteiger partial charge in [-0.2, -0.15) is 0 Å². The Kier molecular flexibility index (Phi) is 1.33. The fourth-order valence-corrected chi connectivity index (χ4v) is 2.17. The topological polar surface area (TPSA) is 26.3 Å². The summed E-state index contributed by atoms with van der Waals surface area (Å²) in [7, 11) is 0. The van der Waals surface area contributed by atoms with Gasteiger partial charge < -0.3 is 8.83 Å². The molecule has 2 aromatic carbocycles. The summed E-state index contributed by atoms with van der Waals surface area (Å²) < 4.78 is 10.8. The van der Waals surface area contributed by atoms with Crippen molar-refractivity contribution in [3.05, 3.63) is 48.9 Å². The summed E-state index contributed by atoms with van der Waals surface area (Å²) in [6.07, 6.45) is 3.43. The molecule has 16 heavy (non-hydrogen) atoms. The first-order valence-electron chi connectivity index (χ1n) is 5.18. The molecule has 76 valence electrons. The Bertz CT molecular complexity index is 675. The quantitative estimate of drug-likeness (QED) is 0.430. The number of fused-ring (bicyclic) bond motifs is 3. The smallest absolute Gasteiger partial charge is 0.134 e. The summed E-state index contributed by atoms with van der Waals surface area (Å²) in [6.45, 7) is 0. The van der Waals surface area contributed by atoms with Crippen molar-refractivity contribution >= 4 is 32.7 Å². The van der Waals surface area contributed by atoms with Gasteiger partial charge in [0, 0.05) is 10.8 Å². The molecule has 2 heteroatoms. The summed E-state index contributed by atoms with van der Waals surface area (Å²) in [5.41, 5.74) is 1.85. The van der Waals surface area contributed by atoms with Crippen LogP contribution in [0, 0.1) is 0 Å². The lowest BCUT2D eigenvalue weighted by molar-refractivity contribution is 0.615. The highest BCUT2D eigenvalue weighted by atomic mass is 16.3. The van der Waals surface area contributed by atoms with E-state index in [0.717, 1.165) is 21.9 Å². The maximum Gasteiger partial charge on any atom is 0.134 e. The summed E-state index contributed by atoms with van der Waals surface area (Å²) in [5.74, 6) is 0. The van der Waals surface area contributed by atoms with Crippen molar-refractivity contribution in [2.75, 3.05) is 0 Å². The number of benzene rings is 2. The van der Waals surface area contributed by atoms with Crippen molar-refractivity contribution in [1.82, 2.24) is 0 Å². The zero-order chi connectivity index (χ0) is 10.5. The second-order valence-electron chi connectivity index (χ2n) is 3.97. The van der Waals surface area contributed by atoms with E-state index in [1.807, 2.05) is 12.1 Å². The van der Waals surface area contributed by atoms with Gasteiger partial charge in [-0.1, -0.05) is 0 Å². The summed E-state index contributed by atoms with van der Waals surface area (Å²) in [6, 6.07) is 12.3. The van der Waals surface area contributed by atoms with Crippen LogP contribution in [0.5, 0.6) is 0 Å². The van der Waals surface area contributed by atoms with Crippen molar-refractivity contribution in [3.63, 3.8) is 0 Å². The highest BCUT2D eigenvalue weighted by molar-refractivity contribution is 6.02. The molecule has 0 radical (unpaired) electrons. The van der Waals surface area contributed by atoms with Crippen molar-refractivity contribution < 1.29 is 8.83 Å². The van der Waals surface area contributed by atoms with Gasteiger partial charge in [-0.05, 0) is 47.2 Å². The molecule has 2 aromatic heterocycles. The molecule has 0 amide bonds. The van der Waals surface area contributed by atoms with Gasteiger partial charge in [-0.15, -0.1) is 0 Å². The van der Waals surface area contributed by atoms with Gasteiger partial charge in [0.25, 0.3) is 0 Å². The Hall–Kier alpha value is -2.22. The van der Waals surface area contributed by atoms with Gasteiger partial charge in [-0.25, -0.2) is 0 Å². The number of hydrogen-bond donors (Lipinski definition) is 0. The Balaban J connectivity index is 2.26. The van der Waals surface area contributed by atoms with Gasteiger partial charge in [0.15, 0.2) is 0 Å². The van der Waals surface area contributed by atoms with Crippen LogP contribution in [-0.4, -0.2) is 0 Å². The van der Waals surface area contributed by atoms with Gasteiger partial charge in [0.05, 0.1) is 12.5 Å². The maximum atomic E-state index is 5.40. The standard InChI is InChI=1S/C14H8O2/c1-3-15-13-7-12-6-10-2-4-16-14(10)8-11(12)5-9(1)13/h1-8H. The second kappa shape index (κ2) is 2.67. The fraction of sp³-hybridized carbons (Fsp3) is 0. The van der Waals surface area contributed by atoms with E-state index in [-0.39, 0.29) is 0 Å². The van der Waals surface area contributed by atoms with E-state index < -0.39 is 0 Å². The minimum Gasteiger partial charge on any atom is -0.464 e. The molecule has 0 spiro atoms. The molecule has 0 saturated heterocycles. The van der Waals surface area contributed by atoms with E-state index in [9.17, 15) is 0 Å². The molecule has 0 saturated carbocycles. The van der Waals surface area contributed by atoms with E-state index in [2.05, 4.69) is 24.3 Å². The Morgan fingerprint density at radius 2 is 1.06 bits per heavy atom. The summed E-state index contributed by atoms with van der Waals surface area (Å²) in [4.78, 5) is 0. The normalized spacial score (nSPS) is 11.8. The molecular weight excluding hydrogens is 200 g/mol. The van der Waals surface area contributed by atoms with Crippen molar-refractivity contribution in [2.45, 2.75) is 0 Å². The Morgan fingerprint density at radius 3 is 1.56 bits per heavy atom. The van der Waals surface area contributed by atoms with Crippen molar-refractivity contribution in [3.8, 4) is 0 Å². The van der Waals surface area contributed by atoms with Gasteiger partial charge >= 0.3 is 0 Å². The van der Waals surface area contributed by atoms with Crippen LogP contribution in [0.1, 0.15) is 0 Å². The number of rotatable bonds is 0. The van der Waals surface area contributed by atoms with Crippen LogP contribution in [0.2, 0.25) is 0 Å². The molecule has 0 unspecified atom stereocenters. The first-order valence-corrected chi connectivity index (χ1v) is 5.18. The zero-order valence-electron chi connectivity index (χ0n) is 8.44. The third-order valence-electron chi connectivity index (χ3n) is 2.98. The number of hydrogen-bond acceptors (Lipinski definition) is 2. The van der Waals surface area contributed by atoms with E-state index in [0.29, 0.717) is 0 Å². The van der Waals surface area contributed by atoms with E-state index in [1.165, 1.54) is 10.8 Å². The molecule has 2 nitrogen and oxygen atoms in total. The average Bonchev–Trinajstić information content (AvgIpc) is 2.89. The van der Waals surface area contributed by atoms with Crippen LogP contribution in [0.4, 0.5) is 0 Å². The molecule has 0 fully saturated rings. The highest BCUT2D eigenvalue weighted by Crippen LogP contribution is 2.28. The van der Waals surface area contributed by atoms with Crippen LogP contribution < -0.4 is 0 Å². The van der Waals surface area contributed by atoms with Crippen LogP contribution in [0.25, 0.3) is 32.7 Å². The lowest BCUT2D eigenvalue weighted by Gasteiger charge is -1.98. The van der Waals surface area contributed by atoms with E-state index in [4.69, 9.17) is 8.83 Å². The average molecular weight is 208 g/mol. The minimum atomic E-state index is 0.926. The van der Waals surface area contributed by atoms with E-state index >= 15 is 0 Å². The largest absolute Gasteiger partial charge is 0.464 e. The Labute approximate surface area is 91.1 Å². The molecule has 0 aliphatic heterocycles. The molecular formula is C14H8O2. The first kappa shape index (κ1) is 7.99. The molecule has 0 aliphatic rings. The van der Waals surface area contributed by atoms with E-state index in [1.54, 1.807) is 12.5 Å².